The smallest absolute Gasteiger partial charge is 0.332 e. The lowest BCUT2D eigenvalue weighted by Crippen LogP contribution is -2.40. The first-order valence-corrected chi connectivity index (χ1v) is 7.36. The number of aromatic amines is 1. The minimum absolute atomic E-state index is 0.249. The molecule has 0 atom stereocenters. The van der Waals surface area contributed by atoms with Crippen LogP contribution in [0.4, 0.5) is 0 Å². The molecule has 0 aliphatic carbocycles. The van der Waals surface area contributed by atoms with Crippen LogP contribution in [0.1, 0.15) is 45.9 Å². The fourth-order valence-electron chi connectivity index (χ4n) is 2.42. The molecule has 0 unspecified atom stereocenters. The Morgan fingerprint density at radius 3 is 2.25 bits per heavy atom. The van der Waals surface area contributed by atoms with Crippen molar-refractivity contribution in [2.75, 3.05) is 0 Å². The Balaban J connectivity index is 2.77. The number of rotatable bonds is 6. The summed E-state index contributed by atoms with van der Waals surface area (Å²) in [5, 5.41) is 0. The average molecular weight is 278 g/mol. The fourth-order valence-corrected chi connectivity index (χ4v) is 2.42. The molecule has 0 saturated heterocycles. The van der Waals surface area contributed by atoms with Crippen LogP contribution in [0.15, 0.2) is 9.59 Å². The van der Waals surface area contributed by atoms with Crippen LogP contribution in [-0.4, -0.2) is 19.1 Å². The van der Waals surface area contributed by atoms with Crippen molar-refractivity contribution in [3.05, 3.63) is 26.7 Å². The maximum Gasteiger partial charge on any atom is 0.332 e. The van der Waals surface area contributed by atoms with E-state index in [-0.39, 0.29) is 11.2 Å². The summed E-state index contributed by atoms with van der Waals surface area (Å²) in [6, 6.07) is 0. The topological polar surface area (TPSA) is 72.7 Å². The predicted molar refractivity (Wildman–Crippen MR) is 79.2 cm³/mol. The monoisotopic (exact) mass is 278 g/mol. The summed E-state index contributed by atoms with van der Waals surface area (Å²) in [6.07, 6.45) is 3.31. The second kappa shape index (κ2) is 6.07. The van der Waals surface area contributed by atoms with Crippen molar-refractivity contribution in [1.82, 2.24) is 19.1 Å². The van der Waals surface area contributed by atoms with Crippen molar-refractivity contribution >= 4 is 11.2 Å². The maximum atomic E-state index is 12.4. The van der Waals surface area contributed by atoms with Crippen LogP contribution in [0.5, 0.6) is 0 Å². The van der Waals surface area contributed by atoms with Crippen molar-refractivity contribution in [3.8, 4) is 0 Å². The lowest BCUT2D eigenvalue weighted by atomic mass is 10.3. The van der Waals surface area contributed by atoms with Crippen LogP contribution < -0.4 is 11.2 Å². The Bertz CT molecular complexity index is 708. The molecular formula is C14H22N4O2. The third-order valence-electron chi connectivity index (χ3n) is 3.29. The Labute approximate surface area is 117 Å². The highest BCUT2D eigenvalue weighted by molar-refractivity contribution is 5.69. The third kappa shape index (κ3) is 2.42. The van der Waals surface area contributed by atoms with Gasteiger partial charge in [0.25, 0.3) is 5.56 Å². The largest absolute Gasteiger partial charge is 0.336 e. The van der Waals surface area contributed by atoms with Gasteiger partial charge in [-0.15, -0.1) is 0 Å². The molecule has 0 radical (unpaired) electrons. The molecule has 2 aromatic heterocycles. The van der Waals surface area contributed by atoms with Gasteiger partial charge in [-0.3, -0.25) is 13.9 Å². The number of hydrogen-bond acceptors (Lipinski definition) is 3. The molecule has 20 heavy (non-hydrogen) atoms. The number of aryl methyl sites for hydroxylation is 2. The van der Waals surface area contributed by atoms with Crippen LogP contribution >= 0.6 is 0 Å². The third-order valence-corrected chi connectivity index (χ3v) is 3.29. The molecule has 6 heteroatoms. The van der Waals surface area contributed by atoms with Crippen LogP contribution in [0.3, 0.4) is 0 Å². The van der Waals surface area contributed by atoms with Crippen molar-refractivity contribution in [3.63, 3.8) is 0 Å². The van der Waals surface area contributed by atoms with Gasteiger partial charge in [0, 0.05) is 19.5 Å². The van der Waals surface area contributed by atoms with Crippen molar-refractivity contribution in [2.45, 2.75) is 59.5 Å². The molecule has 2 heterocycles. The molecule has 2 rings (SSSR count). The predicted octanol–water partition coefficient (Wildman–Crippen LogP) is 1.66. The van der Waals surface area contributed by atoms with Gasteiger partial charge < -0.3 is 4.98 Å². The first-order valence-electron chi connectivity index (χ1n) is 7.36. The number of aromatic nitrogens is 4. The van der Waals surface area contributed by atoms with Gasteiger partial charge in [0.05, 0.1) is 0 Å². The van der Waals surface area contributed by atoms with Crippen molar-refractivity contribution < 1.29 is 0 Å². The molecule has 0 aromatic carbocycles. The normalized spacial score (nSPS) is 11.3. The summed E-state index contributed by atoms with van der Waals surface area (Å²) in [4.78, 5) is 32.3. The highest BCUT2D eigenvalue weighted by Gasteiger charge is 2.16. The fraction of sp³-hybridized carbons (Fsp3) is 0.643. The molecule has 0 aliphatic heterocycles. The van der Waals surface area contributed by atoms with E-state index in [0.717, 1.165) is 31.5 Å². The van der Waals surface area contributed by atoms with Crippen LogP contribution in [0, 0.1) is 0 Å². The SMILES string of the molecule is CCCc1nc2c([nH]1)c(=O)n(CCC)c(=O)n2CCC. The molecule has 0 amide bonds. The summed E-state index contributed by atoms with van der Waals surface area (Å²) < 4.78 is 2.92. The molecule has 0 fully saturated rings. The van der Waals surface area contributed by atoms with E-state index in [9.17, 15) is 9.59 Å². The highest BCUT2D eigenvalue weighted by atomic mass is 16.2. The zero-order chi connectivity index (χ0) is 14.7. The second-order valence-electron chi connectivity index (χ2n) is 5.02. The van der Waals surface area contributed by atoms with Crippen LogP contribution in [0.2, 0.25) is 0 Å². The van der Waals surface area contributed by atoms with Gasteiger partial charge in [0.2, 0.25) is 0 Å². The van der Waals surface area contributed by atoms with Crippen molar-refractivity contribution in [2.24, 2.45) is 0 Å². The minimum atomic E-state index is -0.256. The summed E-state index contributed by atoms with van der Waals surface area (Å²) >= 11 is 0. The van der Waals surface area contributed by atoms with Gasteiger partial charge in [-0.2, -0.15) is 0 Å². The Morgan fingerprint density at radius 1 is 1.00 bits per heavy atom. The summed E-state index contributed by atoms with van der Waals surface area (Å²) in [5.41, 5.74) is 0.447. The van der Waals surface area contributed by atoms with Gasteiger partial charge in [-0.1, -0.05) is 20.8 Å². The summed E-state index contributed by atoms with van der Waals surface area (Å²) in [7, 11) is 0. The molecule has 0 aliphatic rings. The number of H-pyrrole nitrogens is 1. The zero-order valence-corrected chi connectivity index (χ0v) is 12.4. The van der Waals surface area contributed by atoms with E-state index in [1.807, 2.05) is 13.8 Å². The molecule has 2 aromatic rings. The van der Waals surface area contributed by atoms with Gasteiger partial charge in [0.15, 0.2) is 5.65 Å². The van der Waals surface area contributed by atoms with Gasteiger partial charge in [-0.25, -0.2) is 9.78 Å². The van der Waals surface area contributed by atoms with Crippen LogP contribution in [0.25, 0.3) is 11.2 Å². The lowest BCUT2D eigenvalue weighted by Gasteiger charge is -2.09. The standard InChI is InChI=1S/C14H22N4O2/c1-4-7-10-15-11-12(16-10)17(8-5-2)14(20)18(9-6-3)13(11)19/h4-9H2,1-3H3,(H,15,16). The first kappa shape index (κ1) is 14.6. The number of fused-ring (bicyclic) bond motifs is 1. The van der Waals surface area contributed by atoms with E-state index >= 15 is 0 Å². The van der Waals surface area contributed by atoms with E-state index in [2.05, 4.69) is 16.9 Å². The first-order chi connectivity index (χ1) is 9.63. The molecule has 0 bridgehead atoms. The average Bonchev–Trinajstić information content (AvgIpc) is 2.84. The van der Waals surface area contributed by atoms with Crippen molar-refractivity contribution in [1.29, 1.82) is 0 Å². The second-order valence-corrected chi connectivity index (χ2v) is 5.02. The van der Waals surface area contributed by atoms with Gasteiger partial charge in [-0.05, 0) is 19.3 Å². The van der Waals surface area contributed by atoms with Gasteiger partial charge >= 0.3 is 5.69 Å². The lowest BCUT2D eigenvalue weighted by molar-refractivity contribution is 0.555. The molecule has 0 spiro atoms. The number of nitrogens with one attached hydrogen (secondary N) is 1. The Hall–Kier alpha value is -1.85. The van der Waals surface area contributed by atoms with Gasteiger partial charge in [0.1, 0.15) is 11.3 Å². The minimum Gasteiger partial charge on any atom is -0.336 e. The van der Waals surface area contributed by atoms with E-state index in [0.29, 0.717) is 24.3 Å². The molecule has 110 valence electrons. The zero-order valence-electron chi connectivity index (χ0n) is 12.4. The van der Waals surface area contributed by atoms with E-state index < -0.39 is 0 Å². The summed E-state index contributed by atoms with van der Waals surface area (Å²) in [6.45, 7) is 7.04. The van der Waals surface area contributed by atoms with Crippen LogP contribution in [-0.2, 0) is 19.5 Å². The van der Waals surface area contributed by atoms with E-state index in [4.69, 9.17) is 0 Å². The molecule has 1 N–H and O–H groups in total. The quantitative estimate of drug-likeness (QED) is 0.873. The Kier molecular flexibility index (Phi) is 4.42. The maximum absolute atomic E-state index is 12.4. The number of imidazole rings is 1. The highest BCUT2D eigenvalue weighted by Crippen LogP contribution is 2.08. The van der Waals surface area contributed by atoms with E-state index in [1.54, 1.807) is 4.57 Å². The summed E-state index contributed by atoms with van der Waals surface area (Å²) in [5.74, 6) is 0.776. The Morgan fingerprint density at radius 2 is 1.65 bits per heavy atom. The molecule has 6 nitrogen and oxygen atoms in total. The molecule has 0 saturated carbocycles. The van der Waals surface area contributed by atoms with E-state index in [1.165, 1.54) is 4.57 Å². The number of hydrogen-bond donors (Lipinski definition) is 1. The molecular weight excluding hydrogens is 256 g/mol. The number of nitrogens with zero attached hydrogens (tertiary/aromatic N) is 3.